The lowest BCUT2D eigenvalue weighted by molar-refractivity contribution is -0.137. The van der Waals surface area contributed by atoms with E-state index in [4.69, 9.17) is 9.84 Å². The summed E-state index contributed by atoms with van der Waals surface area (Å²) in [5.41, 5.74) is 0. The molecule has 19 heavy (non-hydrogen) atoms. The van der Waals surface area contributed by atoms with E-state index in [0.29, 0.717) is 12.5 Å². The summed E-state index contributed by atoms with van der Waals surface area (Å²) >= 11 is 0. The molecule has 2 rings (SSSR count). The molecule has 2 aliphatic rings. The van der Waals surface area contributed by atoms with E-state index in [1.807, 2.05) is 0 Å². The Bertz CT molecular complexity index is 325. The van der Waals surface area contributed by atoms with Gasteiger partial charge < -0.3 is 20.5 Å². The van der Waals surface area contributed by atoms with E-state index in [9.17, 15) is 9.59 Å². The average Bonchev–Trinajstić information content (AvgIpc) is 3.07. The van der Waals surface area contributed by atoms with Crippen molar-refractivity contribution in [2.24, 2.45) is 5.92 Å². The highest BCUT2D eigenvalue weighted by atomic mass is 16.5. The van der Waals surface area contributed by atoms with Crippen LogP contribution in [0.2, 0.25) is 0 Å². The van der Waals surface area contributed by atoms with Crippen molar-refractivity contribution in [3.8, 4) is 0 Å². The first-order valence-corrected chi connectivity index (χ1v) is 7.03. The number of hydrogen-bond donors (Lipinski definition) is 3. The molecular formula is C13H22N2O4. The van der Waals surface area contributed by atoms with Crippen molar-refractivity contribution < 1.29 is 19.4 Å². The minimum Gasteiger partial charge on any atom is -0.481 e. The Morgan fingerprint density at radius 3 is 2.68 bits per heavy atom. The van der Waals surface area contributed by atoms with Crippen LogP contribution >= 0.6 is 0 Å². The van der Waals surface area contributed by atoms with Gasteiger partial charge in [-0.1, -0.05) is 0 Å². The number of hydrogen-bond acceptors (Lipinski definition) is 3. The van der Waals surface area contributed by atoms with Crippen molar-refractivity contribution in [1.29, 1.82) is 0 Å². The molecule has 1 aliphatic heterocycles. The molecule has 2 atom stereocenters. The highest BCUT2D eigenvalue weighted by Crippen LogP contribution is 2.33. The number of rotatable bonds is 7. The summed E-state index contributed by atoms with van der Waals surface area (Å²) in [5, 5.41) is 14.3. The molecule has 6 nitrogen and oxygen atoms in total. The molecule has 0 aromatic rings. The van der Waals surface area contributed by atoms with Gasteiger partial charge in [-0.15, -0.1) is 0 Å². The van der Waals surface area contributed by atoms with Gasteiger partial charge in [0.1, 0.15) is 0 Å². The zero-order chi connectivity index (χ0) is 13.7. The van der Waals surface area contributed by atoms with Crippen molar-refractivity contribution in [2.75, 3.05) is 13.2 Å². The molecule has 1 heterocycles. The summed E-state index contributed by atoms with van der Waals surface area (Å²) in [6.07, 6.45) is 5.26. The van der Waals surface area contributed by atoms with Crippen LogP contribution in [0.3, 0.4) is 0 Å². The quantitative estimate of drug-likeness (QED) is 0.646. The lowest BCUT2D eigenvalue weighted by atomic mass is 10.1. The van der Waals surface area contributed by atoms with Gasteiger partial charge in [-0.25, -0.2) is 4.79 Å². The van der Waals surface area contributed by atoms with Crippen LogP contribution in [0.5, 0.6) is 0 Å². The van der Waals surface area contributed by atoms with Crippen molar-refractivity contribution in [3.63, 3.8) is 0 Å². The molecule has 0 radical (unpaired) electrons. The molecule has 3 N–H and O–H groups in total. The first-order valence-electron chi connectivity index (χ1n) is 7.03. The number of urea groups is 1. The predicted octanol–water partition coefficient (Wildman–Crippen LogP) is 1.11. The van der Waals surface area contributed by atoms with E-state index in [1.165, 1.54) is 0 Å². The van der Waals surface area contributed by atoms with Crippen molar-refractivity contribution >= 4 is 12.0 Å². The van der Waals surface area contributed by atoms with Crippen molar-refractivity contribution in [3.05, 3.63) is 0 Å². The van der Waals surface area contributed by atoms with Crippen LogP contribution in [0.25, 0.3) is 0 Å². The van der Waals surface area contributed by atoms with E-state index in [-0.39, 0.29) is 24.6 Å². The Hall–Kier alpha value is -1.30. The minimum atomic E-state index is -0.864. The fraction of sp³-hybridized carbons (Fsp3) is 0.846. The minimum absolute atomic E-state index is 0.00379. The second-order valence-electron chi connectivity index (χ2n) is 5.37. The van der Waals surface area contributed by atoms with E-state index in [0.717, 1.165) is 38.7 Å². The molecule has 2 unspecified atom stereocenters. The van der Waals surface area contributed by atoms with Crippen LogP contribution in [-0.2, 0) is 9.53 Å². The maximum absolute atomic E-state index is 11.7. The monoisotopic (exact) mass is 270 g/mol. The fourth-order valence-corrected chi connectivity index (χ4v) is 2.46. The summed E-state index contributed by atoms with van der Waals surface area (Å²) < 4.78 is 5.47. The standard InChI is InChI=1S/C13H22N2O4/c16-12(17)8-11(9-3-4-9)15-13(18)14-6-5-10-2-1-7-19-10/h9-11H,1-8H2,(H,16,17)(H2,14,15,18). The Morgan fingerprint density at radius 2 is 2.11 bits per heavy atom. The second-order valence-corrected chi connectivity index (χ2v) is 5.37. The number of aliphatic carboxylic acids is 1. The van der Waals surface area contributed by atoms with E-state index in [2.05, 4.69) is 10.6 Å². The normalized spacial score (nSPS) is 23.9. The third kappa shape index (κ3) is 5.06. The summed E-state index contributed by atoms with van der Waals surface area (Å²) in [7, 11) is 0. The van der Waals surface area contributed by atoms with Gasteiger partial charge in [0.15, 0.2) is 0 Å². The molecule has 0 aromatic heterocycles. The van der Waals surface area contributed by atoms with Crippen LogP contribution in [0, 0.1) is 5.92 Å². The topological polar surface area (TPSA) is 87.7 Å². The number of carbonyl (C=O) groups is 2. The van der Waals surface area contributed by atoms with Gasteiger partial charge in [-0.05, 0) is 38.0 Å². The van der Waals surface area contributed by atoms with Gasteiger partial charge in [0.05, 0.1) is 12.5 Å². The SMILES string of the molecule is O=C(O)CC(NC(=O)NCCC1CCCO1)C1CC1. The Labute approximate surface area is 112 Å². The van der Waals surface area contributed by atoms with Crippen LogP contribution in [0.1, 0.15) is 38.5 Å². The van der Waals surface area contributed by atoms with Crippen LogP contribution in [0.4, 0.5) is 4.79 Å². The largest absolute Gasteiger partial charge is 0.481 e. The molecule has 2 fully saturated rings. The van der Waals surface area contributed by atoms with Crippen molar-refractivity contribution in [1.82, 2.24) is 10.6 Å². The van der Waals surface area contributed by atoms with E-state index in [1.54, 1.807) is 0 Å². The Balaban J connectivity index is 1.62. The van der Waals surface area contributed by atoms with Crippen molar-refractivity contribution in [2.45, 2.75) is 50.7 Å². The maximum atomic E-state index is 11.7. The van der Waals surface area contributed by atoms with Gasteiger partial charge in [0, 0.05) is 19.2 Å². The Morgan fingerprint density at radius 1 is 1.32 bits per heavy atom. The number of ether oxygens (including phenoxy) is 1. The maximum Gasteiger partial charge on any atom is 0.315 e. The Kier molecular flexibility index (Phi) is 5.01. The summed E-state index contributed by atoms with van der Waals surface area (Å²) in [6, 6.07) is -0.503. The van der Waals surface area contributed by atoms with Crippen LogP contribution in [-0.4, -0.2) is 42.4 Å². The third-order valence-corrected chi connectivity index (χ3v) is 3.68. The smallest absolute Gasteiger partial charge is 0.315 e. The average molecular weight is 270 g/mol. The highest BCUT2D eigenvalue weighted by Gasteiger charge is 2.33. The molecule has 6 heteroatoms. The van der Waals surface area contributed by atoms with Crippen LogP contribution < -0.4 is 10.6 Å². The highest BCUT2D eigenvalue weighted by molar-refractivity contribution is 5.75. The lowest BCUT2D eigenvalue weighted by Gasteiger charge is -2.17. The number of carboxylic acid groups (broad SMARTS) is 1. The molecule has 1 saturated carbocycles. The molecule has 1 saturated heterocycles. The zero-order valence-electron chi connectivity index (χ0n) is 11.1. The summed E-state index contributed by atoms with van der Waals surface area (Å²) in [6.45, 7) is 1.39. The van der Waals surface area contributed by atoms with E-state index >= 15 is 0 Å². The van der Waals surface area contributed by atoms with Gasteiger partial charge in [-0.2, -0.15) is 0 Å². The third-order valence-electron chi connectivity index (χ3n) is 3.68. The van der Waals surface area contributed by atoms with E-state index < -0.39 is 5.97 Å². The molecule has 108 valence electrons. The fourth-order valence-electron chi connectivity index (χ4n) is 2.46. The predicted molar refractivity (Wildman–Crippen MR) is 68.9 cm³/mol. The number of carboxylic acids is 1. The summed E-state index contributed by atoms with van der Waals surface area (Å²) in [4.78, 5) is 22.4. The number of amides is 2. The molecule has 0 bridgehead atoms. The van der Waals surface area contributed by atoms with Gasteiger partial charge in [-0.3, -0.25) is 4.79 Å². The first-order chi connectivity index (χ1) is 9.15. The molecular weight excluding hydrogens is 248 g/mol. The van der Waals surface area contributed by atoms with Gasteiger partial charge >= 0.3 is 12.0 Å². The molecule has 0 aromatic carbocycles. The zero-order valence-corrected chi connectivity index (χ0v) is 11.1. The number of carbonyl (C=O) groups excluding carboxylic acids is 1. The van der Waals surface area contributed by atoms with Gasteiger partial charge in [0.2, 0.25) is 0 Å². The second kappa shape index (κ2) is 6.75. The summed E-state index contributed by atoms with van der Waals surface area (Å²) in [5.74, 6) is -0.531. The van der Waals surface area contributed by atoms with Crippen LogP contribution in [0.15, 0.2) is 0 Å². The number of nitrogens with one attached hydrogen (secondary N) is 2. The molecule has 0 spiro atoms. The van der Waals surface area contributed by atoms with Gasteiger partial charge in [0.25, 0.3) is 0 Å². The first kappa shape index (κ1) is 14.1. The molecule has 2 amide bonds. The lowest BCUT2D eigenvalue weighted by Crippen LogP contribution is -2.44. The molecule has 1 aliphatic carbocycles.